The Hall–Kier alpha value is -0.795. The number of likely N-dealkylation sites (tertiary alicyclic amines) is 1. The molecular formula is C18H29BN2. The van der Waals surface area contributed by atoms with Crippen molar-refractivity contribution < 1.29 is 0 Å². The van der Waals surface area contributed by atoms with Gasteiger partial charge < -0.3 is 5.73 Å². The zero-order valence-electron chi connectivity index (χ0n) is 14.1. The molecule has 1 saturated heterocycles. The molecule has 2 N–H and O–H groups in total. The van der Waals surface area contributed by atoms with Gasteiger partial charge in [-0.15, -0.1) is 0 Å². The summed E-state index contributed by atoms with van der Waals surface area (Å²) in [5.41, 5.74) is 11.8. The minimum atomic E-state index is 0.145. The summed E-state index contributed by atoms with van der Waals surface area (Å²) in [4.78, 5) is 2.50. The summed E-state index contributed by atoms with van der Waals surface area (Å²) < 4.78 is 0. The highest BCUT2D eigenvalue weighted by Crippen LogP contribution is 2.29. The van der Waals surface area contributed by atoms with E-state index in [1.54, 1.807) is 0 Å². The maximum absolute atomic E-state index is 5.85. The minimum Gasteiger partial charge on any atom is -0.329 e. The second-order valence-electron chi connectivity index (χ2n) is 7.16. The third-order valence-electron chi connectivity index (χ3n) is 5.25. The number of nitrogens with zero attached hydrogens (tertiary/aromatic N) is 1. The van der Waals surface area contributed by atoms with E-state index >= 15 is 0 Å². The van der Waals surface area contributed by atoms with Gasteiger partial charge in [-0.2, -0.15) is 0 Å². The van der Waals surface area contributed by atoms with Crippen LogP contribution in [0.25, 0.3) is 0 Å². The van der Waals surface area contributed by atoms with Crippen LogP contribution >= 0.6 is 0 Å². The van der Waals surface area contributed by atoms with Gasteiger partial charge in [0.15, 0.2) is 0 Å². The van der Waals surface area contributed by atoms with E-state index in [2.05, 4.69) is 44.7 Å². The Kier molecular flexibility index (Phi) is 5.16. The molecule has 0 atom stereocenters. The van der Waals surface area contributed by atoms with E-state index in [9.17, 15) is 0 Å². The number of aryl methyl sites for hydroxylation is 1. The molecule has 2 radical (unpaired) electrons. The fraction of sp³-hybridized carbons (Fsp3) is 0.667. The van der Waals surface area contributed by atoms with Crippen molar-refractivity contribution >= 4 is 7.85 Å². The lowest BCUT2D eigenvalue weighted by Crippen LogP contribution is -2.60. The van der Waals surface area contributed by atoms with Gasteiger partial charge in [-0.3, -0.25) is 4.90 Å². The van der Waals surface area contributed by atoms with Crippen molar-refractivity contribution in [2.45, 2.75) is 52.4 Å². The van der Waals surface area contributed by atoms with Gasteiger partial charge in [0.05, 0.1) is 7.85 Å². The molecule has 1 aliphatic rings. The quantitative estimate of drug-likeness (QED) is 0.814. The Labute approximate surface area is 131 Å². The van der Waals surface area contributed by atoms with Crippen molar-refractivity contribution in [1.29, 1.82) is 0 Å². The lowest BCUT2D eigenvalue weighted by Gasteiger charge is -2.49. The van der Waals surface area contributed by atoms with E-state index in [0.717, 1.165) is 25.2 Å². The van der Waals surface area contributed by atoms with Crippen molar-refractivity contribution in [2.24, 2.45) is 11.7 Å². The van der Waals surface area contributed by atoms with E-state index in [1.165, 1.54) is 41.8 Å². The molecule has 2 nitrogen and oxygen atoms in total. The van der Waals surface area contributed by atoms with Crippen molar-refractivity contribution in [3.05, 3.63) is 34.4 Å². The van der Waals surface area contributed by atoms with E-state index < -0.39 is 0 Å². The van der Waals surface area contributed by atoms with Crippen LogP contribution in [-0.4, -0.2) is 37.9 Å². The molecule has 114 valence electrons. The molecule has 0 bridgehead atoms. The SMILES string of the molecule is [B]CCc1ccc(CC2CN(C(C)(C)CN)C2)c(C)c1C. The highest BCUT2D eigenvalue weighted by atomic mass is 15.3. The lowest BCUT2D eigenvalue weighted by molar-refractivity contribution is 0.00898. The van der Waals surface area contributed by atoms with Gasteiger partial charge in [-0.1, -0.05) is 18.5 Å². The van der Waals surface area contributed by atoms with Crippen molar-refractivity contribution in [3.8, 4) is 0 Å². The van der Waals surface area contributed by atoms with E-state index in [1.807, 2.05) is 0 Å². The number of nitrogens with two attached hydrogens (primary N) is 1. The molecule has 21 heavy (non-hydrogen) atoms. The van der Waals surface area contributed by atoms with Crippen molar-refractivity contribution in [1.82, 2.24) is 4.90 Å². The van der Waals surface area contributed by atoms with Crippen LogP contribution in [0.2, 0.25) is 6.32 Å². The molecule has 1 aromatic carbocycles. The van der Waals surface area contributed by atoms with Crippen LogP contribution in [-0.2, 0) is 12.8 Å². The minimum absolute atomic E-state index is 0.145. The van der Waals surface area contributed by atoms with Crippen LogP contribution in [0.5, 0.6) is 0 Å². The number of benzene rings is 1. The van der Waals surface area contributed by atoms with Gasteiger partial charge in [0.2, 0.25) is 0 Å². The van der Waals surface area contributed by atoms with Crippen LogP contribution in [0.4, 0.5) is 0 Å². The van der Waals surface area contributed by atoms with Gasteiger partial charge >= 0.3 is 0 Å². The molecule has 0 aromatic heterocycles. The Balaban J connectivity index is 1.98. The van der Waals surface area contributed by atoms with Gasteiger partial charge in [-0.25, -0.2) is 0 Å². The predicted octanol–water partition coefficient (Wildman–Crippen LogP) is 2.64. The Morgan fingerprint density at radius 2 is 1.76 bits per heavy atom. The first-order chi connectivity index (χ1) is 9.89. The standard InChI is InChI=1S/C18H29BN2/c1-13-14(2)17(6-5-16(13)7-8-19)9-15-10-21(11-15)18(3,4)12-20/h5-6,15H,7-12,20H2,1-4H3. The highest BCUT2D eigenvalue weighted by Gasteiger charge is 2.36. The van der Waals surface area contributed by atoms with E-state index in [-0.39, 0.29) is 5.54 Å². The van der Waals surface area contributed by atoms with Gasteiger partial charge in [0.25, 0.3) is 0 Å². The fourth-order valence-electron chi connectivity index (χ4n) is 3.21. The first kappa shape index (κ1) is 16.6. The molecule has 3 heteroatoms. The predicted molar refractivity (Wildman–Crippen MR) is 92.1 cm³/mol. The molecule has 1 fully saturated rings. The number of hydrogen-bond acceptors (Lipinski definition) is 2. The average molecular weight is 284 g/mol. The van der Waals surface area contributed by atoms with Gasteiger partial charge in [0.1, 0.15) is 0 Å². The van der Waals surface area contributed by atoms with E-state index in [0.29, 0.717) is 0 Å². The molecule has 0 saturated carbocycles. The summed E-state index contributed by atoms with van der Waals surface area (Å²) in [6, 6.07) is 4.58. The second kappa shape index (κ2) is 6.54. The van der Waals surface area contributed by atoms with Gasteiger partial charge in [0, 0.05) is 25.2 Å². The smallest absolute Gasteiger partial charge is 0.0657 e. The third kappa shape index (κ3) is 3.52. The molecule has 0 unspecified atom stereocenters. The zero-order chi connectivity index (χ0) is 15.6. The van der Waals surface area contributed by atoms with Crippen LogP contribution in [0.1, 0.15) is 36.1 Å². The Morgan fingerprint density at radius 3 is 2.33 bits per heavy atom. The first-order valence-electron chi connectivity index (χ1n) is 8.12. The Morgan fingerprint density at radius 1 is 1.19 bits per heavy atom. The summed E-state index contributed by atoms with van der Waals surface area (Å²) in [7, 11) is 5.68. The Bertz CT molecular complexity index is 490. The summed E-state index contributed by atoms with van der Waals surface area (Å²) in [6.07, 6.45) is 2.90. The van der Waals surface area contributed by atoms with Crippen molar-refractivity contribution in [3.63, 3.8) is 0 Å². The number of hydrogen-bond donors (Lipinski definition) is 1. The van der Waals surface area contributed by atoms with Crippen LogP contribution in [0.15, 0.2) is 12.1 Å². The average Bonchev–Trinajstić information content (AvgIpc) is 2.40. The third-order valence-corrected chi connectivity index (χ3v) is 5.25. The number of rotatable bonds is 6. The molecule has 0 spiro atoms. The molecule has 1 aromatic rings. The second-order valence-corrected chi connectivity index (χ2v) is 7.16. The van der Waals surface area contributed by atoms with E-state index in [4.69, 9.17) is 13.6 Å². The molecule has 0 amide bonds. The highest BCUT2D eigenvalue weighted by molar-refractivity contribution is 6.08. The van der Waals surface area contributed by atoms with Crippen LogP contribution < -0.4 is 5.73 Å². The fourth-order valence-corrected chi connectivity index (χ4v) is 3.21. The summed E-state index contributed by atoms with van der Waals surface area (Å²) in [6.45, 7) is 12.0. The van der Waals surface area contributed by atoms with Crippen molar-refractivity contribution in [2.75, 3.05) is 19.6 Å². The maximum Gasteiger partial charge on any atom is 0.0657 e. The van der Waals surface area contributed by atoms with Gasteiger partial charge in [-0.05, 0) is 68.7 Å². The summed E-state index contributed by atoms with van der Waals surface area (Å²) in [5.74, 6) is 0.772. The summed E-state index contributed by atoms with van der Waals surface area (Å²) >= 11 is 0. The maximum atomic E-state index is 5.85. The topological polar surface area (TPSA) is 29.3 Å². The molecule has 1 aliphatic heterocycles. The normalized spacial score (nSPS) is 17.0. The van der Waals surface area contributed by atoms with Crippen LogP contribution in [0, 0.1) is 19.8 Å². The monoisotopic (exact) mass is 284 g/mol. The van der Waals surface area contributed by atoms with Crippen LogP contribution in [0.3, 0.4) is 0 Å². The first-order valence-corrected chi connectivity index (χ1v) is 8.12. The molecule has 1 heterocycles. The summed E-state index contributed by atoms with van der Waals surface area (Å²) in [5, 5.41) is 0. The molecular weight excluding hydrogens is 255 g/mol. The lowest BCUT2D eigenvalue weighted by atomic mass is 9.84. The molecule has 0 aliphatic carbocycles. The molecule has 2 rings (SSSR count). The zero-order valence-corrected chi connectivity index (χ0v) is 14.1. The largest absolute Gasteiger partial charge is 0.329 e.